The summed E-state index contributed by atoms with van der Waals surface area (Å²) in [5.41, 5.74) is 0.833. The van der Waals surface area contributed by atoms with Gasteiger partial charge in [-0.05, 0) is 6.42 Å². The lowest BCUT2D eigenvalue weighted by molar-refractivity contribution is 0.580. The van der Waals surface area contributed by atoms with E-state index in [1.807, 2.05) is 6.92 Å². The van der Waals surface area contributed by atoms with Crippen LogP contribution in [0.5, 0.6) is 0 Å². The molecule has 0 saturated heterocycles. The smallest absolute Gasteiger partial charge is 0.211 e. The lowest BCUT2D eigenvalue weighted by atomic mass is 10.4. The van der Waals surface area contributed by atoms with Gasteiger partial charge in [0.15, 0.2) is 0 Å². The van der Waals surface area contributed by atoms with Crippen LogP contribution in [0.4, 0.5) is 0 Å². The van der Waals surface area contributed by atoms with Crippen molar-refractivity contribution in [3.63, 3.8) is 0 Å². The van der Waals surface area contributed by atoms with Gasteiger partial charge in [-0.2, -0.15) is 5.10 Å². The highest BCUT2D eigenvalue weighted by molar-refractivity contribution is 7.89. The summed E-state index contributed by atoms with van der Waals surface area (Å²) in [7, 11) is -3.10. The highest BCUT2D eigenvalue weighted by Gasteiger charge is 2.07. The van der Waals surface area contributed by atoms with E-state index in [0.717, 1.165) is 5.56 Å². The number of hydrogen-bond donors (Lipinski definition) is 2. The van der Waals surface area contributed by atoms with Gasteiger partial charge in [0.25, 0.3) is 0 Å². The lowest BCUT2D eigenvalue weighted by Crippen LogP contribution is -2.25. The van der Waals surface area contributed by atoms with E-state index in [9.17, 15) is 8.42 Å². The van der Waals surface area contributed by atoms with Crippen molar-refractivity contribution in [1.29, 1.82) is 0 Å². The van der Waals surface area contributed by atoms with Crippen LogP contribution in [0, 0.1) is 0 Å². The van der Waals surface area contributed by atoms with Gasteiger partial charge >= 0.3 is 0 Å². The van der Waals surface area contributed by atoms with Crippen LogP contribution < -0.4 is 4.72 Å². The van der Waals surface area contributed by atoms with E-state index in [2.05, 4.69) is 14.9 Å². The standard InChI is InChI=1S/C7H13N3O2S/c1-2-3-13(11,12)10-6-7-4-8-9-5-7/h4-5,10H,2-3,6H2,1H3,(H,8,9). The average Bonchev–Trinajstić information content (AvgIpc) is 2.52. The number of sulfonamides is 1. The number of hydrogen-bond acceptors (Lipinski definition) is 3. The maximum Gasteiger partial charge on any atom is 0.211 e. The summed E-state index contributed by atoms with van der Waals surface area (Å²) < 4.78 is 24.8. The third-order valence-corrected chi connectivity index (χ3v) is 3.05. The van der Waals surface area contributed by atoms with E-state index >= 15 is 0 Å². The number of H-pyrrole nitrogens is 1. The van der Waals surface area contributed by atoms with Gasteiger partial charge in [-0.1, -0.05) is 6.92 Å². The van der Waals surface area contributed by atoms with Crippen LogP contribution in [-0.2, 0) is 16.6 Å². The van der Waals surface area contributed by atoms with Crippen molar-refractivity contribution in [3.8, 4) is 0 Å². The third-order valence-electron chi connectivity index (χ3n) is 1.52. The van der Waals surface area contributed by atoms with Crippen molar-refractivity contribution in [2.75, 3.05) is 5.75 Å². The van der Waals surface area contributed by atoms with Crippen LogP contribution in [0.15, 0.2) is 12.4 Å². The topological polar surface area (TPSA) is 74.8 Å². The van der Waals surface area contributed by atoms with Crippen molar-refractivity contribution in [1.82, 2.24) is 14.9 Å². The van der Waals surface area contributed by atoms with Gasteiger partial charge in [0.2, 0.25) is 10.0 Å². The van der Waals surface area contributed by atoms with E-state index in [-0.39, 0.29) is 5.75 Å². The molecule has 0 amide bonds. The molecule has 0 saturated carbocycles. The first-order valence-corrected chi connectivity index (χ1v) is 5.74. The molecule has 6 heteroatoms. The molecule has 5 nitrogen and oxygen atoms in total. The molecule has 0 fully saturated rings. The maximum atomic E-state index is 11.2. The molecule has 0 aliphatic rings. The molecular formula is C7H13N3O2S. The quantitative estimate of drug-likeness (QED) is 0.719. The van der Waals surface area contributed by atoms with Crippen molar-refractivity contribution in [2.24, 2.45) is 0 Å². The fourth-order valence-corrected chi connectivity index (χ4v) is 1.98. The van der Waals surface area contributed by atoms with Gasteiger partial charge in [0.05, 0.1) is 11.9 Å². The monoisotopic (exact) mass is 203 g/mol. The van der Waals surface area contributed by atoms with Crippen LogP contribution in [0.1, 0.15) is 18.9 Å². The minimum atomic E-state index is -3.10. The minimum absolute atomic E-state index is 0.171. The first kappa shape index (κ1) is 10.2. The zero-order chi connectivity index (χ0) is 9.73. The van der Waals surface area contributed by atoms with Crippen molar-refractivity contribution in [3.05, 3.63) is 18.0 Å². The molecule has 0 bridgehead atoms. The molecule has 74 valence electrons. The predicted octanol–water partition coefficient (Wildman–Crippen LogP) is 0.239. The van der Waals surface area contributed by atoms with Gasteiger partial charge in [-0.3, -0.25) is 5.10 Å². The Hall–Kier alpha value is -0.880. The summed E-state index contributed by atoms with van der Waals surface area (Å²) in [6.07, 6.45) is 3.88. The SMILES string of the molecule is CCCS(=O)(=O)NCc1cn[nH]c1. The molecule has 0 aliphatic carbocycles. The molecule has 1 rings (SSSR count). The molecule has 1 aromatic rings. The zero-order valence-electron chi connectivity index (χ0n) is 7.45. The normalized spacial score (nSPS) is 11.8. The van der Waals surface area contributed by atoms with Crippen molar-refractivity contribution >= 4 is 10.0 Å². The number of aromatic nitrogens is 2. The van der Waals surface area contributed by atoms with Gasteiger partial charge in [-0.25, -0.2) is 13.1 Å². The molecule has 0 aliphatic heterocycles. The fraction of sp³-hybridized carbons (Fsp3) is 0.571. The highest BCUT2D eigenvalue weighted by Crippen LogP contribution is 1.95. The van der Waals surface area contributed by atoms with E-state index in [1.165, 1.54) is 0 Å². The molecular weight excluding hydrogens is 190 g/mol. The Bertz CT molecular complexity index is 331. The first-order valence-electron chi connectivity index (χ1n) is 4.09. The number of nitrogens with zero attached hydrogens (tertiary/aromatic N) is 1. The molecule has 0 unspecified atom stereocenters. The average molecular weight is 203 g/mol. The summed E-state index contributed by atoms with van der Waals surface area (Å²) >= 11 is 0. The Balaban J connectivity index is 2.43. The third kappa shape index (κ3) is 3.56. The van der Waals surface area contributed by atoms with Crippen LogP contribution in [0.2, 0.25) is 0 Å². The summed E-state index contributed by atoms with van der Waals surface area (Å²) in [6.45, 7) is 2.13. The lowest BCUT2D eigenvalue weighted by Gasteiger charge is -2.02. The Morgan fingerprint density at radius 3 is 2.92 bits per heavy atom. The van der Waals surface area contributed by atoms with Crippen LogP contribution in [0.25, 0.3) is 0 Å². The predicted molar refractivity (Wildman–Crippen MR) is 49.5 cm³/mol. The summed E-state index contributed by atoms with van der Waals surface area (Å²) in [6, 6.07) is 0. The molecule has 2 N–H and O–H groups in total. The maximum absolute atomic E-state index is 11.2. The molecule has 1 aromatic heterocycles. The molecule has 13 heavy (non-hydrogen) atoms. The Morgan fingerprint density at radius 1 is 1.62 bits per heavy atom. The van der Waals surface area contributed by atoms with E-state index in [4.69, 9.17) is 0 Å². The zero-order valence-corrected chi connectivity index (χ0v) is 8.26. The summed E-state index contributed by atoms with van der Waals surface area (Å²) in [5.74, 6) is 0.171. The molecule has 1 heterocycles. The number of nitrogens with one attached hydrogen (secondary N) is 2. The second-order valence-corrected chi connectivity index (χ2v) is 4.67. The minimum Gasteiger partial charge on any atom is -0.285 e. The molecule has 0 radical (unpaired) electrons. The van der Waals surface area contributed by atoms with E-state index < -0.39 is 10.0 Å². The molecule has 0 aromatic carbocycles. The van der Waals surface area contributed by atoms with Crippen LogP contribution in [-0.4, -0.2) is 24.4 Å². The van der Waals surface area contributed by atoms with Crippen LogP contribution in [0.3, 0.4) is 0 Å². The van der Waals surface area contributed by atoms with E-state index in [0.29, 0.717) is 13.0 Å². The number of aromatic amines is 1. The van der Waals surface area contributed by atoms with Crippen molar-refractivity contribution < 1.29 is 8.42 Å². The van der Waals surface area contributed by atoms with Crippen molar-refractivity contribution in [2.45, 2.75) is 19.9 Å². The largest absolute Gasteiger partial charge is 0.285 e. The van der Waals surface area contributed by atoms with Gasteiger partial charge in [-0.15, -0.1) is 0 Å². The van der Waals surface area contributed by atoms with Gasteiger partial charge in [0.1, 0.15) is 0 Å². The fourth-order valence-electron chi connectivity index (χ4n) is 0.908. The second kappa shape index (κ2) is 4.38. The summed E-state index contributed by atoms with van der Waals surface area (Å²) in [5, 5.41) is 6.32. The van der Waals surface area contributed by atoms with Gasteiger partial charge in [0, 0.05) is 18.3 Å². The number of rotatable bonds is 5. The van der Waals surface area contributed by atoms with Crippen LogP contribution >= 0.6 is 0 Å². The molecule has 0 spiro atoms. The van der Waals surface area contributed by atoms with Gasteiger partial charge < -0.3 is 0 Å². The highest BCUT2D eigenvalue weighted by atomic mass is 32.2. The Kier molecular flexibility index (Phi) is 3.44. The first-order chi connectivity index (χ1) is 6.14. The second-order valence-electron chi connectivity index (χ2n) is 2.75. The summed E-state index contributed by atoms with van der Waals surface area (Å²) in [4.78, 5) is 0. The Morgan fingerprint density at radius 2 is 2.38 bits per heavy atom. The molecule has 0 atom stereocenters. The Labute approximate surface area is 77.6 Å². The van der Waals surface area contributed by atoms with E-state index in [1.54, 1.807) is 12.4 Å².